The number of halogens is 2. The molecule has 0 aliphatic rings. The predicted molar refractivity (Wildman–Crippen MR) is 67.9 cm³/mol. The van der Waals surface area contributed by atoms with E-state index in [0.717, 1.165) is 18.9 Å². The number of anilines is 2. The number of nitrogens with two attached hydrogens (primary N) is 1. The van der Waals surface area contributed by atoms with Crippen LogP contribution >= 0.6 is 0 Å². The van der Waals surface area contributed by atoms with E-state index >= 15 is 0 Å². The van der Waals surface area contributed by atoms with Gasteiger partial charge in [-0.15, -0.1) is 0 Å². The second-order valence-corrected chi connectivity index (χ2v) is 4.36. The summed E-state index contributed by atoms with van der Waals surface area (Å²) >= 11 is 0. The van der Waals surface area contributed by atoms with Gasteiger partial charge in [-0.1, -0.05) is 26.7 Å². The summed E-state index contributed by atoms with van der Waals surface area (Å²) < 4.78 is 26.3. The standard InChI is InChI=1S/C13H20F2N2/c1-4-9(5-2)8(3)17-12-7-10(14)6-11(15)13(12)16/h6-9,17H,4-5,16H2,1-3H3. The molecule has 0 aromatic heterocycles. The van der Waals surface area contributed by atoms with Gasteiger partial charge in [-0.3, -0.25) is 0 Å². The van der Waals surface area contributed by atoms with Crippen LogP contribution in [-0.2, 0) is 0 Å². The molecule has 0 bridgehead atoms. The number of nitrogens with one attached hydrogen (secondary N) is 1. The average Bonchev–Trinajstić information content (AvgIpc) is 2.27. The quantitative estimate of drug-likeness (QED) is 0.771. The summed E-state index contributed by atoms with van der Waals surface area (Å²) in [4.78, 5) is 0. The van der Waals surface area contributed by atoms with Crippen LogP contribution in [0, 0.1) is 17.6 Å². The number of hydrogen-bond acceptors (Lipinski definition) is 2. The van der Waals surface area contributed by atoms with Crippen molar-refractivity contribution in [2.45, 2.75) is 39.7 Å². The Hall–Kier alpha value is -1.32. The molecule has 0 amide bonds. The molecule has 3 N–H and O–H groups in total. The summed E-state index contributed by atoms with van der Waals surface area (Å²) in [5, 5.41) is 3.09. The zero-order valence-electron chi connectivity index (χ0n) is 10.6. The van der Waals surface area contributed by atoms with E-state index in [0.29, 0.717) is 11.6 Å². The highest BCUT2D eigenvalue weighted by molar-refractivity contribution is 5.67. The molecular formula is C13H20F2N2. The fourth-order valence-corrected chi connectivity index (χ4v) is 2.06. The third kappa shape index (κ3) is 3.32. The van der Waals surface area contributed by atoms with Crippen molar-refractivity contribution in [2.75, 3.05) is 11.1 Å². The monoisotopic (exact) mass is 242 g/mol. The third-order valence-corrected chi connectivity index (χ3v) is 3.23. The molecule has 1 atom stereocenters. The van der Waals surface area contributed by atoms with Gasteiger partial charge in [-0.05, 0) is 18.9 Å². The van der Waals surface area contributed by atoms with Gasteiger partial charge in [0.1, 0.15) is 5.82 Å². The van der Waals surface area contributed by atoms with Crippen LogP contribution in [0.3, 0.4) is 0 Å². The smallest absolute Gasteiger partial charge is 0.151 e. The maximum absolute atomic E-state index is 13.3. The second-order valence-electron chi connectivity index (χ2n) is 4.36. The molecule has 4 heteroatoms. The predicted octanol–water partition coefficient (Wildman–Crippen LogP) is 3.78. The van der Waals surface area contributed by atoms with Crippen molar-refractivity contribution in [1.29, 1.82) is 0 Å². The lowest BCUT2D eigenvalue weighted by atomic mass is 9.95. The van der Waals surface area contributed by atoms with E-state index in [1.54, 1.807) is 0 Å². The Balaban J connectivity index is 2.87. The lowest BCUT2D eigenvalue weighted by Crippen LogP contribution is -2.25. The first-order valence-electron chi connectivity index (χ1n) is 6.00. The van der Waals surface area contributed by atoms with Gasteiger partial charge in [0.05, 0.1) is 11.4 Å². The van der Waals surface area contributed by atoms with Crippen molar-refractivity contribution < 1.29 is 8.78 Å². The molecule has 0 saturated heterocycles. The van der Waals surface area contributed by atoms with Crippen LogP contribution in [0.2, 0.25) is 0 Å². The van der Waals surface area contributed by atoms with Crippen molar-refractivity contribution in [3.8, 4) is 0 Å². The van der Waals surface area contributed by atoms with Gasteiger partial charge in [0.2, 0.25) is 0 Å². The highest BCUT2D eigenvalue weighted by Gasteiger charge is 2.16. The Morgan fingerprint density at radius 2 is 1.82 bits per heavy atom. The van der Waals surface area contributed by atoms with E-state index in [1.165, 1.54) is 6.07 Å². The highest BCUT2D eigenvalue weighted by atomic mass is 19.1. The van der Waals surface area contributed by atoms with Crippen molar-refractivity contribution >= 4 is 11.4 Å². The van der Waals surface area contributed by atoms with Gasteiger partial charge in [0, 0.05) is 12.1 Å². The first-order valence-corrected chi connectivity index (χ1v) is 6.00. The van der Waals surface area contributed by atoms with E-state index < -0.39 is 11.6 Å². The minimum absolute atomic E-state index is 0.0239. The maximum Gasteiger partial charge on any atom is 0.151 e. The Morgan fingerprint density at radius 1 is 1.24 bits per heavy atom. The summed E-state index contributed by atoms with van der Waals surface area (Å²) in [5.41, 5.74) is 5.89. The molecule has 0 aliphatic carbocycles. The van der Waals surface area contributed by atoms with Gasteiger partial charge in [-0.2, -0.15) is 0 Å². The van der Waals surface area contributed by atoms with E-state index in [9.17, 15) is 8.78 Å². The molecule has 17 heavy (non-hydrogen) atoms. The van der Waals surface area contributed by atoms with Crippen LogP contribution in [0.5, 0.6) is 0 Å². The molecule has 1 rings (SSSR count). The van der Waals surface area contributed by atoms with Crippen LogP contribution in [0.4, 0.5) is 20.2 Å². The summed E-state index contributed by atoms with van der Waals surface area (Å²) in [7, 11) is 0. The largest absolute Gasteiger partial charge is 0.395 e. The van der Waals surface area contributed by atoms with Gasteiger partial charge < -0.3 is 11.1 Å². The van der Waals surface area contributed by atoms with Crippen LogP contribution in [0.25, 0.3) is 0 Å². The normalized spacial score (nSPS) is 12.8. The number of benzene rings is 1. The van der Waals surface area contributed by atoms with Crippen LogP contribution < -0.4 is 11.1 Å². The Morgan fingerprint density at radius 3 is 2.35 bits per heavy atom. The third-order valence-electron chi connectivity index (χ3n) is 3.23. The summed E-state index contributed by atoms with van der Waals surface area (Å²) in [6.45, 7) is 6.20. The minimum Gasteiger partial charge on any atom is -0.395 e. The minimum atomic E-state index is -0.718. The lowest BCUT2D eigenvalue weighted by molar-refractivity contribution is 0.437. The number of hydrogen-bond donors (Lipinski definition) is 2. The van der Waals surface area contributed by atoms with Crippen molar-refractivity contribution in [2.24, 2.45) is 5.92 Å². The molecule has 0 aliphatic heterocycles. The van der Waals surface area contributed by atoms with Crippen molar-refractivity contribution in [1.82, 2.24) is 0 Å². The zero-order chi connectivity index (χ0) is 13.0. The van der Waals surface area contributed by atoms with Crippen LogP contribution in [0.15, 0.2) is 12.1 Å². The average molecular weight is 242 g/mol. The highest BCUT2D eigenvalue weighted by Crippen LogP contribution is 2.26. The molecule has 0 saturated carbocycles. The van der Waals surface area contributed by atoms with Crippen LogP contribution in [0.1, 0.15) is 33.6 Å². The molecule has 0 fully saturated rings. The van der Waals surface area contributed by atoms with Gasteiger partial charge in [0.25, 0.3) is 0 Å². The van der Waals surface area contributed by atoms with Crippen molar-refractivity contribution in [3.05, 3.63) is 23.8 Å². The second kappa shape index (κ2) is 5.84. The lowest BCUT2D eigenvalue weighted by Gasteiger charge is -2.24. The molecule has 0 spiro atoms. The molecule has 2 nitrogen and oxygen atoms in total. The van der Waals surface area contributed by atoms with E-state index in [4.69, 9.17) is 5.73 Å². The van der Waals surface area contributed by atoms with Gasteiger partial charge in [-0.25, -0.2) is 8.78 Å². The van der Waals surface area contributed by atoms with Crippen molar-refractivity contribution in [3.63, 3.8) is 0 Å². The molecule has 1 aromatic carbocycles. The summed E-state index contributed by atoms with van der Waals surface area (Å²) in [5.74, 6) is -0.874. The Bertz CT molecular complexity index is 376. The van der Waals surface area contributed by atoms with E-state index in [-0.39, 0.29) is 11.7 Å². The topological polar surface area (TPSA) is 38.0 Å². The fraction of sp³-hybridized carbons (Fsp3) is 0.538. The number of nitrogen functional groups attached to an aromatic ring is 1. The molecule has 96 valence electrons. The first-order chi connectivity index (χ1) is 7.99. The zero-order valence-corrected chi connectivity index (χ0v) is 10.6. The summed E-state index contributed by atoms with van der Waals surface area (Å²) in [6.07, 6.45) is 2.03. The SMILES string of the molecule is CCC(CC)C(C)Nc1cc(F)cc(F)c1N. The first kappa shape index (κ1) is 13.7. The molecule has 1 aromatic rings. The molecule has 0 heterocycles. The molecular weight excluding hydrogens is 222 g/mol. The van der Waals surface area contributed by atoms with Gasteiger partial charge >= 0.3 is 0 Å². The Labute approximate surface area is 101 Å². The summed E-state index contributed by atoms with van der Waals surface area (Å²) in [6, 6.07) is 2.16. The fourth-order valence-electron chi connectivity index (χ4n) is 2.06. The molecule has 1 unspecified atom stereocenters. The maximum atomic E-state index is 13.3. The number of rotatable bonds is 5. The Kier molecular flexibility index (Phi) is 4.73. The van der Waals surface area contributed by atoms with E-state index in [2.05, 4.69) is 19.2 Å². The van der Waals surface area contributed by atoms with Crippen LogP contribution in [-0.4, -0.2) is 6.04 Å². The van der Waals surface area contributed by atoms with E-state index in [1.807, 2.05) is 6.92 Å². The van der Waals surface area contributed by atoms with Gasteiger partial charge in [0.15, 0.2) is 5.82 Å². The molecule has 0 radical (unpaired) electrons.